The lowest BCUT2D eigenvalue weighted by molar-refractivity contribution is -0.132. The van der Waals surface area contributed by atoms with Gasteiger partial charge in [-0.15, -0.1) is 24.8 Å². The lowest BCUT2D eigenvalue weighted by atomic mass is 10.1. The summed E-state index contributed by atoms with van der Waals surface area (Å²) in [5, 5.41) is 12.8. The lowest BCUT2D eigenvalue weighted by Crippen LogP contribution is -2.54. The minimum Gasteiger partial charge on any atom is -0.392 e. The largest absolute Gasteiger partial charge is 0.392 e. The number of nitrogens with one attached hydrogen (secondary N) is 1. The van der Waals surface area contributed by atoms with Gasteiger partial charge in [-0.3, -0.25) is 9.69 Å². The molecule has 8 heteroatoms. The number of nitrogens with zero attached hydrogens (tertiary/aromatic N) is 3. The number of hydrogen-bond acceptors (Lipinski definition) is 5. The second kappa shape index (κ2) is 11.4. The fourth-order valence-electron chi connectivity index (χ4n) is 3.21. The van der Waals surface area contributed by atoms with Crippen LogP contribution in [0.1, 0.15) is 20.3 Å². The highest BCUT2D eigenvalue weighted by molar-refractivity contribution is 5.85. The molecule has 2 aliphatic heterocycles. The Morgan fingerprint density at radius 1 is 1.22 bits per heavy atom. The fourth-order valence-corrected chi connectivity index (χ4v) is 3.21. The van der Waals surface area contributed by atoms with Gasteiger partial charge in [-0.05, 0) is 13.8 Å². The maximum absolute atomic E-state index is 12.2. The number of aliphatic hydroxyl groups is 1. The van der Waals surface area contributed by atoms with Gasteiger partial charge >= 0.3 is 0 Å². The summed E-state index contributed by atoms with van der Waals surface area (Å²) in [7, 11) is 0. The van der Waals surface area contributed by atoms with Gasteiger partial charge in [0.05, 0.1) is 6.10 Å². The minimum absolute atomic E-state index is 0. The molecular weight excluding hydrogens is 339 g/mol. The molecule has 0 bridgehead atoms. The molecule has 0 aliphatic carbocycles. The molecule has 2 unspecified atom stereocenters. The van der Waals surface area contributed by atoms with Crippen molar-refractivity contribution < 1.29 is 9.90 Å². The van der Waals surface area contributed by atoms with E-state index in [2.05, 4.69) is 22.0 Å². The van der Waals surface area contributed by atoms with Gasteiger partial charge < -0.3 is 20.2 Å². The van der Waals surface area contributed by atoms with E-state index in [0.29, 0.717) is 12.5 Å². The highest BCUT2D eigenvalue weighted by atomic mass is 35.5. The zero-order valence-electron chi connectivity index (χ0n) is 14.2. The van der Waals surface area contributed by atoms with Gasteiger partial charge in [-0.2, -0.15) is 0 Å². The first kappa shape index (κ1) is 22.9. The lowest BCUT2D eigenvalue weighted by Gasteiger charge is -2.40. The van der Waals surface area contributed by atoms with E-state index >= 15 is 0 Å². The van der Waals surface area contributed by atoms with Crippen molar-refractivity contribution in [1.29, 1.82) is 0 Å². The zero-order valence-corrected chi connectivity index (χ0v) is 15.9. The van der Waals surface area contributed by atoms with Crippen LogP contribution in [0.5, 0.6) is 0 Å². The molecule has 0 saturated carbocycles. The van der Waals surface area contributed by atoms with Crippen LogP contribution in [0.4, 0.5) is 0 Å². The molecule has 0 aromatic rings. The van der Waals surface area contributed by atoms with Crippen LogP contribution in [0, 0.1) is 0 Å². The maximum Gasteiger partial charge on any atom is 0.223 e. The molecule has 0 radical (unpaired) electrons. The van der Waals surface area contributed by atoms with Crippen molar-refractivity contribution in [1.82, 2.24) is 20.0 Å². The average molecular weight is 371 g/mol. The monoisotopic (exact) mass is 370 g/mol. The van der Waals surface area contributed by atoms with E-state index in [1.54, 1.807) is 0 Å². The molecule has 2 N–H and O–H groups in total. The highest BCUT2D eigenvalue weighted by Gasteiger charge is 2.25. The Labute approximate surface area is 152 Å². The Balaban J connectivity index is 0.00000242. The summed E-state index contributed by atoms with van der Waals surface area (Å²) in [6, 6.07) is 0.447. The van der Waals surface area contributed by atoms with Crippen molar-refractivity contribution in [3.63, 3.8) is 0 Å². The molecule has 6 nitrogen and oxygen atoms in total. The third-order valence-corrected chi connectivity index (χ3v) is 4.46. The van der Waals surface area contributed by atoms with Crippen LogP contribution in [-0.2, 0) is 4.79 Å². The van der Waals surface area contributed by atoms with Gasteiger partial charge in [0.1, 0.15) is 0 Å². The first-order valence-corrected chi connectivity index (χ1v) is 8.19. The van der Waals surface area contributed by atoms with Crippen LogP contribution in [0.15, 0.2) is 0 Å². The molecule has 0 spiro atoms. The predicted molar refractivity (Wildman–Crippen MR) is 97.7 cm³/mol. The summed E-state index contributed by atoms with van der Waals surface area (Å²) in [6.07, 6.45) is 0.358. The summed E-state index contributed by atoms with van der Waals surface area (Å²) < 4.78 is 0. The smallest absolute Gasteiger partial charge is 0.223 e. The molecular formula is C15H32Cl2N4O2. The van der Waals surface area contributed by atoms with Gasteiger partial charge in [-0.25, -0.2) is 0 Å². The van der Waals surface area contributed by atoms with Crippen LogP contribution in [0.3, 0.4) is 0 Å². The molecule has 2 heterocycles. The summed E-state index contributed by atoms with van der Waals surface area (Å²) >= 11 is 0. The first-order valence-electron chi connectivity index (χ1n) is 8.19. The van der Waals surface area contributed by atoms with E-state index in [1.807, 2.05) is 11.8 Å². The van der Waals surface area contributed by atoms with Crippen molar-refractivity contribution in [2.45, 2.75) is 32.4 Å². The Morgan fingerprint density at radius 2 is 1.87 bits per heavy atom. The van der Waals surface area contributed by atoms with Crippen molar-refractivity contribution in [3.05, 3.63) is 0 Å². The van der Waals surface area contributed by atoms with Gasteiger partial charge in [0.25, 0.3) is 0 Å². The summed E-state index contributed by atoms with van der Waals surface area (Å²) in [4.78, 5) is 18.8. The van der Waals surface area contributed by atoms with E-state index in [9.17, 15) is 9.90 Å². The van der Waals surface area contributed by atoms with Crippen LogP contribution >= 0.6 is 24.8 Å². The fraction of sp³-hybridized carbons (Fsp3) is 0.933. The molecule has 2 rings (SSSR count). The summed E-state index contributed by atoms with van der Waals surface area (Å²) in [5.41, 5.74) is 0. The second-order valence-electron chi connectivity index (χ2n) is 6.37. The van der Waals surface area contributed by atoms with Crippen LogP contribution in [0.2, 0.25) is 0 Å². The van der Waals surface area contributed by atoms with Gasteiger partial charge in [-0.1, -0.05) is 0 Å². The van der Waals surface area contributed by atoms with E-state index in [-0.39, 0.29) is 36.8 Å². The topological polar surface area (TPSA) is 59.1 Å². The first-order chi connectivity index (χ1) is 10.1. The number of rotatable bonds is 5. The second-order valence-corrected chi connectivity index (χ2v) is 6.37. The van der Waals surface area contributed by atoms with E-state index in [0.717, 1.165) is 58.9 Å². The molecule has 0 aromatic carbocycles. The Kier molecular flexibility index (Phi) is 11.4. The number of amides is 1. The van der Waals surface area contributed by atoms with E-state index < -0.39 is 0 Å². The molecule has 138 valence electrons. The zero-order chi connectivity index (χ0) is 15.2. The minimum atomic E-state index is -0.270. The van der Waals surface area contributed by atoms with Crippen LogP contribution in [0.25, 0.3) is 0 Å². The SMILES string of the molecule is CC(O)CN1CCN(CCC(=O)N2CCNCC2)CC1C.Cl.Cl. The molecule has 1 amide bonds. The molecule has 23 heavy (non-hydrogen) atoms. The predicted octanol–water partition coefficient (Wildman–Crippen LogP) is 0.0388. The number of hydrogen-bond donors (Lipinski definition) is 2. The van der Waals surface area contributed by atoms with Gasteiger partial charge in [0.15, 0.2) is 0 Å². The van der Waals surface area contributed by atoms with Crippen molar-refractivity contribution >= 4 is 30.7 Å². The number of carbonyl (C=O) groups excluding carboxylic acids is 1. The Hall–Kier alpha value is -0.110. The summed E-state index contributed by atoms with van der Waals surface area (Å²) in [5.74, 6) is 0.288. The Bertz CT molecular complexity index is 341. The molecule has 2 saturated heterocycles. The average Bonchev–Trinajstić information content (AvgIpc) is 2.48. The van der Waals surface area contributed by atoms with E-state index in [4.69, 9.17) is 0 Å². The molecule has 2 atom stereocenters. The van der Waals surface area contributed by atoms with Gasteiger partial charge in [0, 0.05) is 71.4 Å². The molecule has 2 aliphatic rings. The van der Waals surface area contributed by atoms with Crippen LogP contribution in [-0.4, -0.2) is 96.8 Å². The number of β-amino-alcohol motifs (C(OH)–C–C–N with tert-alkyl or cyclic N) is 1. The van der Waals surface area contributed by atoms with E-state index in [1.165, 1.54) is 0 Å². The number of halogens is 2. The normalized spacial score (nSPS) is 24.5. The Morgan fingerprint density at radius 3 is 2.43 bits per heavy atom. The number of piperazine rings is 2. The standard InChI is InChI=1S/C15H30N4O2.2ClH/c1-13-11-17(9-10-19(13)12-14(2)20)6-3-15(21)18-7-4-16-5-8-18;;/h13-14,16,20H,3-12H2,1-2H3;2*1H. The molecule has 0 aromatic heterocycles. The van der Waals surface area contributed by atoms with Crippen molar-refractivity contribution in [2.75, 3.05) is 58.9 Å². The summed E-state index contributed by atoms with van der Waals surface area (Å²) in [6.45, 7) is 12.1. The number of carbonyl (C=O) groups is 1. The third-order valence-electron chi connectivity index (χ3n) is 4.46. The maximum atomic E-state index is 12.2. The van der Waals surface area contributed by atoms with Crippen LogP contribution < -0.4 is 5.32 Å². The van der Waals surface area contributed by atoms with Gasteiger partial charge in [0.2, 0.25) is 5.91 Å². The quantitative estimate of drug-likeness (QED) is 0.715. The molecule has 2 fully saturated rings. The van der Waals surface area contributed by atoms with Crippen molar-refractivity contribution in [3.8, 4) is 0 Å². The number of aliphatic hydroxyl groups excluding tert-OH is 1. The van der Waals surface area contributed by atoms with Crippen molar-refractivity contribution in [2.24, 2.45) is 0 Å². The highest BCUT2D eigenvalue weighted by Crippen LogP contribution is 2.11. The third kappa shape index (κ3) is 7.54.